The van der Waals surface area contributed by atoms with Gasteiger partial charge < -0.3 is 21.3 Å². The Morgan fingerprint density at radius 3 is 2.53 bits per heavy atom. The molecule has 2 amide bonds. The van der Waals surface area contributed by atoms with E-state index < -0.39 is 0 Å². The van der Waals surface area contributed by atoms with Crippen LogP contribution in [0.4, 0.5) is 11.4 Å². The molecule has 0 spiro atoms. The average Bonchev–Trinajstić information content (AvgIpc) is 2.35. The second kappa shape index (κ2) is 6.96. The topological polar surface area (TPSA) is 87.5 Å². The lowest BCUT2D eigenvalue weighted by molar-refractivity contribution is -0.123. The summed E-state index contributed by atoms with van der Waals surface area (Å²) in [5.74, 6) is -0.716. The normalized spacial score (nSPS) is 9.89. The molecule has 1 rings (SSSR count). The molecule has 104 valence electrons. The van der Waals surface area contributed by atoms with Gasteiger partial charge in [0.1, 0.15) is 0 Å². The summed E-state index contributed by atoms with van der Waals surface area (Å²) in [6.07, 6.45) is 0. The van der Waals surface area contributed by atoms with Crippen LogP contribution >= 0.6 is 11.6 Å². The van der Waals surface area contributed by atoms with Gasteiger partial charge in [-0.15, -0.1) is 0 Å². The summed E-state index contributed by atoms with van der Waals surface area (Å²) in [4.78, 5) is 24.3. The molecule has 0 aliphatic heterocycles. The Morgan fingerprint density at radius 2 is 2.00 bits per heavy atom. The number of amides is 2. The van der Waals surface area contributed by atoms with Crippen molar-refractivity contribution in [3.05, 3.63) is 23.2 Å². The summed E-state index contributed by atoms with van der Waals surface area (Å²) in [7, 11) is 3.75. The molecular weight excluding hydrogens is 268 g/mol. The van der Waals surface area contributed by atoms with E-state index in [2.05, 4.69) is 10.6 Å². The molecule has 1 aromatic carbocycles. The number of halogens is 1. The monoisotopic (exact) mass is 284 g/mol. The standard InChI is InChI=1S/C12H17ClN4O2/c1-17(2)10-4-3-8(5-9(10)13)16-12(19)7-15-11(18)6-14/h3-5H,6-7,14H2,1-2H3,(H,15,18)(H,16,19). The second-order valence-corrected chi connectivity index (χ2v) is 4.50. The Hall–Kier alpha value is -1.79. The number of hydrogen-bond acceptors (Lipinski definition) is 4. The summed E-state index contributed by atoms with van der Waals surface area (Å²) in [6.45, 7) is -0.264. The number of benzene rings is 1. The largest absolute Gasteiger partial charge is 0.376 e. The molecule has 1 aromatic rings. The van der Waals surface area contributed by atoms with E-state index in [0.717, 1.165) is 5.69 Å². The molecule has 0 heterocycles. The van der Waals surface area contributed by atoms with Crippen LogP contribution in [0.15, 0.2) is 18.2 Å². The lowest BCUT2D eigenvalue weighted by Gasteiger charge is -2.15. The minimum atomic E-state index is -0.379. The Balaban J connectivity index is 2.60. The van der Waals surface area contributed by atoms with E-state index >= 15 is 0 Å². The maximum absolute atomic E-state index is 11.5. The highest BCUT2D eigenvalue weighted by Crippen LogP contribution is 2.27. The summed E-state index contributed by atoms with van der Waals surface area (Å²) in [5, 5.41) is 5.55. The number of nitrogens with zero attached hydrogens (tertiary/aromatic N) is 1. The molecule has 4 N–H and O–H groups in total. The van der Waals surface area contributed by atoms with Gasteiger partial charge in [0.2, 0.25) is 11.8 Å². The minimum Gasteiger partial charge on any atom is -0.376 e. The lowest BCUT2D eigenvalue weighted by Crippen LogP contribution is -2.36. The molecule has 7 heteroatoms. The quantitative estimate of drug-likeness (QED) is 0.731. The van der Waals surface area contributed by atoms with Crippen LogP contribution in [0.3, 0.4) is 0 Å². The van der Waals surface area contributed by atoms with E-state index in [9.17, 15) is 9.59 Å². The maximum atomic E-state index is 11.5. The lowest BCUT2D eigenvalue weighted by atomic mass is 10.2. The Bertz CT molecular complexity index is 477. The van der Waals surface area contributed by atoms with Crippen LogP contribution in [0, 0.1) is 0 Å². The molecular formula is C12H17ClN4O2. The third-order valence-electron chi connectivity index (χ3n) is 2.34. The van der Waals surface area contributed by atoms with Crippen LogP contribution in [0.5, 0.6) is 0 Å². The van der Waals surface area contributed by atoms with Crippen molar-refractivity contribution in [2.24, 2.45) is 5.73 Å². The molecule has 0 bridgehead atoms. The van der Waals surface area contributed by atoms with Crippen LogP contribution in [-0.2, 0) is 9.59 Å². The third kappa shape index (κ3) is 4.76. The van der Waals surface area contributed by atoms with Crippen LogP contribution < -0.4 is 21.3 Å². The molecule has 0 radical (unpaired) electrons. The Kier molecular flexibility index (Phi) is 5.59. The maximum Gasteiger partial charge on any atom is 0.243 e. The molecule has 0 atom stereocenters. The number of rotatable bonds is 5. The number of carbonyl (C=O) groups is 2. The van der Waals surface area contributed by atoms with Crippen molar-refractivity contribution in [3.63, 3.8) is 0 Å². The van der Waals surface area contributed by atoms with Gasteiger partial charge in [-0.1, -0.05) is 11.6 Å². The van der Waals surface area contributed by atoms with Crippen LogP contribution in [-0.4, -0.2) is 39.0 Å². The molecule has 0 aliphatic rings. The van der Waals surface area contributed by atoms with Crippen molar-refractivity contribution in [2.45, 2.75) is 0 Å². The highest BCUT2D eigenvalue weighted by Gasteiger charge is 2.07. The fraction of sp³-hybridized carbons (Fsp3) is 0.333. The number of nitrogens with two attached hydrogens (primary N) is 1. The zero-order chi connectivity index (χ0) is 14.4. The predicted octanol–water partition coefficient (Wildman–Crippen LogP) is 0.419. The van der Waals surface area contributed by atoms with Crippen molar-refractivity contribution >= 4 is 34.8 Å². The van der Waals surface area contributed by atoms with E-state index in [4.69, 9.17) is 17.3 Å². The number of carbonyl (C=O) groups excluding carboxylic acids is 2. The van der Waals surface area contributed by atoms with E-state index in [1.807, 2.05) is 19.0 Å². The molecule has 19 heavy (non-hydrogen) atoms. The van der Waals surface area contributed by atoms with Crippen molar-refractivity contribution in [2.75, 3.05) is 37.4 Å². The summed E-state index contributed by atoms with van der Waals surface area (Å²) in [5.41, 5.74) is 6.54. The van der Waals surface area contributed by atoms with E-state index in [1.54, 1.807) is 18.2 Å². The summed E-state index contributed by atoms with van der Waals surface area (Å²) in [6, 6.07) is 5.19. The van der Waals surface area contributed by atoms with Gasteiger partial charge in [0.05, 0.1) is 23.8 Å². The Labute approximate surface area is 116 Å². The van der Waals surface area contributed by atoms with Gasteiger partial charge in [0.15, 0.2) is 0 Å². The van der Waals surface area contributed by atoms with Gasteiger partial charge in [-0.05, 0) is 18.2 Å². The van der Waals surface area contributed by atoms with Gasteiger partial charge in [-0.2, -0.15) is 0 Å². The first-order valence-electron chi connectivity index (χ1n) is 5.67. The van der Waals surface area contributed by atoms with Gasteiger partial charge in [0, 0.05) is 19.8 Å². The van der Waals surface area contributed by atoms with Crippen LogP contribution in [0.2, 0.25) is 5.02 Å². The predicted molar refractivity (Wildman–Crippen MR) is 76.5 cm³/mol. The molecule has 0 saturated heterocycles. The van der Waals surface area contributed by atoms with Gasteiger partial charge in [0.25, 0.3) is 0 Å². The first-order valence-corrected chi connectivity index (χ1v) is 6.05. The number of anilines is 2. The molecule has 0 aromatic heterocycles. The highest BCUT2D eigenvalue weighted by molar-refractivity contribution is 6.33. The number of hydrogen-bond donors (Lipinski definition) is 3. The second-order valence-electron chi connectivity index (χ2n) is 4.09. The van der Waals surface area contributed by atoms with Gasteiger partial charge in [-0.3, -0.25) is 9.59 Å². The molecule has 0 aliphatic carbocycles. The Morgan fingerprint density at radius 1 is 1.32 bits per heavy atom. The van der Waals surface area contributed by atoms with Crippen LogP contribution in [0.1, 0.15) is 0 Å². The van der Waals surface area contributed by atoms with Gasteiger partial charge in [-0.25, -0.2) is 0 Å². The van der Waals surface area contributed by atoms with Crippen molar-refractivity contribution in [3.8, 4) is 0 Å². The first kappa shape index (κ1) is 15.3. The molecule has 0 saturated carbocycles. The van der Waals surface area contributed by atoms with E-state index in [0.29, 0.717) is 10.7 Å². The van der Waals surface area contributed by atoms with Crippen LogP contribution in [0.25, 0.3) is 0 Å². The highest BCUT2D eigenvalue weighted by atomic mass is 35.5. The zero-order valence-corrected chi connectivity index (χ0v) is 11.6. The molecule has 6 nitrogen and oxygen atoms in total. The SMILES string of the molecule is CN(C)c1ccc(NC(=O)CNC(=O)CN)cc1Cl. The first-order chi connectivity index (χ1) is 8.93. The molecule has 0 fully saturated rings. The third-order valence-corrected chi connectivity index (χ3v) is 2.65. The van der Waals surface area contributed by atoms with Crippen molar-refractivity contribution in [1.29, 1.82) is 0 Å². The summed E-state index contributed by atoms with van der Waals surface area (Å²) >= 11 is 6.08. The fourth-order valence-electron chi connectivity index (χ4n) is 1.40. The van der Waals surface area contributed by atoms with Crippen molar-refractivity contribution in [1.82, 2.24) is 5.32 Å². The average molecular weight is 285 g/mol. The van der Waals surface area contributed by atoms with Gasteiger partial charge >= 0.3 is 0 Å². The zero-order valence-electron chi connectivity index (χ0n) is 10.9. The number of nitrogens with one attached hydrogen (secondary N) is 2. The minimum absolute atomic E-state index is 0.122. The summed E-state index contributed by atoms with van der Waals surface area (Å²) < 4.78 is 0. The molecule has 0 unspecified atom stereocenters. The smallest absolute Gasteiger partial charge is 0.243 e. The van der Waals surface area contributed by atoms with Crippen molar-refractivity contribution < 1.29 is 9.59 Å². The fourth-order valence-corrected chi connectivity index (χ4v) is 1.75. The van der Waals surface area contributed by atoms with E-state index in [-0.39, 0.29) is 24.9 Å². The van der Waals surface area contributed by atoms with E-state index in [1.165, 1.54) is 0 Å².